The third-order valence-corrected chi connectivity index (χ3v) is 7.86. The van der Waals surface area contributed by atoms with Crippen LogP contribution in [-0.4, -0.2) is 7.85 Å². The van der Waals surface area contributed by atoms with Crippen molar-refractivity contribution in [2.45, 2.75) is 82.4 Å². The zero-order valence-electron chi connectivity index (χ0n) is 18.8. The van der Waals surface area contributed by atoms with Gasteiger partial charge in [0.25, 0.3) is 0 Å². The van der Waals surface area contributed by atoms with E-state index in [1.807, 2.05) is 18.2 Å². The molecule has 0 spiro atoms. The van der Waals surface area contributed by atoms with Crippen molar-refractivity contribution >= 4 is 19.2 Å². The molecule has 160 valence electrons. The van der Waals surface area contributed by atoms with Gasteiger partial charge in [-0.3, -0.25) is 0 Å². The molecule has 0 aromatic heterocycles. The lowest BCUT2D eigenvalue weighted by atomic mass is 9.70. The Balaban J connectivity index is 1.23. The van der Waals surface area contributed by atoms with E-state index < -0.39 is 0 Å². The van der Waals surface area contributed by atoms with Crippen LogP contribution in [0.5, 0.6) is 0 Å². The van der Waals surface area contributed by atoms with E-state index in [4.69, 9.17) is 11.5 Å². The first-order chi connectivity index (χ1) is 14.5. The van der Waals surface area contributed by atoms with Crippen LogP contribution in [-0.2, 0) is 6.42 Å². The van der Waals surface area contributed by atoms with Crippen LogP contribution in [0.25, 0.3) is 0 Å². The monoisotopic (exact) mass is 402 g/mol. The predicted octanol–water partition coefficient (Wildman–Crippen LogP) is 6.11. The summed E-state index contributed by atoms with van der Waals surface area (Å²) in [7, 11) is 2.43. The van der Waals surface area contributed by atoms with Gasteiger partial charge in [0.05, 0.1) is 0 Å². The topological polar surface area (TPSA) is 52.0 Å². The van der Waals surface area contributed by atoms with Gasteiger partial charge in [0, 0.05) is 11.4 Å². The van der Waals surface area contributed by atoms with E-state index in [0.717, 1.165) is 41.4 Å². The van der Waals surface area contributed by atoms with Crippen molar-refractivity contribution in [1.82, 2.24) is 0 Å². The van der Waals surface area contributed by atoms with Crippen molar-refractivity contribution in [3.05, 3.63) is 59.2 Å². The van der Waals surface area contributed by atoms with Gasteiger partial charge in [-0.15, -0.1) is 0 Å². The summed E-state index contributed by atoms with van der Waals surface area (Å²) in [5.74, 6) is 3.75. The Bertz CT molecular complexity index is 780. The Morgan fingerprint density at radius 1 is 0.667 bits per heavy atom. The summed E-state index contributed by atoms with van der Waals surface area (Å²) in [5, 5.41) is 0. The molecule has 0 atom stereocenters. The molecule has 2 fully saturated rings. The summed E-state index contributed by atoms with van der Waals surface area (Å²) >= 11 is 0. The molecule has 2 aromatic carbocycles. The molecule has 0 saturated heterocycles. The number of hydrogen-bond donors (Lipinski definition) is 2. The SMILES string of the molecule is BC1CCC(CCC2CCC(c3ccc(Cc4cc(N)cc(N)c4)cc3)CC2)CC1. The van der Waals surface area contributed by atoms with Crippen molar-refractivity contribution in [2.24, 2.45) is 11.8 Å². The number of benzene rings is 2. The zero-order chi connectivity index (χ0) is 20.9. The van der Waals surface area contributed by atoms with Crippen molar-refractivity contribution in [1.29, 1.82) is 0 Å². The Kier molecular flexibility index (Phi) is 7.07. The largest absolute Gasteiger partial charge is 0.399 e. The third-order valence-electron chi connectivity index (χ3n) is 7.86. The first kappa shape index (κ1) is 21.3. The standard InChI is InChI=1S/C27H39BN2/c28-25-13-7-20(8-14-25)2-1-19-3-9-23(10-4-19)24-11-5-21(6-12-24)15-22-16-26(29)18-27(30)17-22/h5-6,11-12,16-20,23,25H,1-4,7-10,13-15,28-30H2. The summed E-state index contributed by atoms with van der Waals surface area (Å²) in [6, 6.07) is 15.2. The molecule has 0 radical (unpaired) electrons. The lowest BCUT2D eigenvalue weighted by Crippen LogP contribution is -2.16. The van der Waals surface area contributed by atoms with E-state index in [0.29, 0.717) is 0 Å². The van der Waals surface area contributed by atoms with Crippen molar-refractivity contribution in [2.75, 3.05) is 11.5 Å². The summed E-state index contributed by atoms with van der Waals surface area (Å²) in [5.41, 5.74) is 17.4. The summed E-state index contributed by atoms with van der Waals surface area (Å²) in [4.78, 5) is 0. The Morgan fingerprint density at radius 3 is 1.77 bits per heavy atom. The average Bonchev–Trinajstić information content (AvgIpc) is 2.74. The molecule has 4 N–H and O–H groups in total. The van der Waals surface area contributed by atoms with Crippen LogP contribution in [0.2, 0.25) is 5.82 Å². The Hall–Kier alpha value is -1.90. The lowest BCUT2D eigenvalue weighted by Gasteiger charge is -2.31. The first-order valence-corrected chi connectivity index (χ1v) is 12.3. The van der Waals surface area contributed by atoms with Crippen LogP contribution in [0.3, 0.4) is 0 Å². The summed E-state index contributed by atoms with van der Waals surface area (Å²) in [6.45, 7) is 0. The van der Waals surface area contributed by atoms with E-state index in [-0.39, 0.29) is 0 Å². The van der Waals surface area contributed by atoms with E-state index in [9.17, 15) is 0 Å². The second kappa shape index (κ2) is 9.94. The van der Waals surface area contributed by atoms with Crippen molar-refractivity contribution in [3.8, 4) is 0 Å². The average molecular weight is 402 g/mol. The van der Waals surface area contributed by atoms with E-state index >= 15 is 0 Å². The van der Waals surface area contributed by atoms with Crippen LogP contribution >= 0.6 is 0 Å². The van der Waals surface area contributed by atoms with E-state index in [1.54, 1.807) is 0 Å². The highest BCUT2D eigenvalue weighted by Crippen LogP contribution is 2.40. The maximum Gasteiger partial charge on any atom is 0.105 e. The number of rotatable bonds is 6. The highest BCUT2D eigenvalue weighted by molar-refractivity contribution is 6.11. The van der Waals surface area contributed by atoms with Gasteiger partial charge in [-0.2, -0.15) is 0 Å². The molecule has 0 aliphatic heterocycles. The zero-order valence-corrected chi connectivity index (χ0v) is 18.8. The molecular formula is C27H39BN2. The molecule has 2 saturated carbocycles. The fraction of sp³-hybridized carbons (Fsp3) is 0.556. The molecular weight excluding hydrogens is 363 g/mol. The minimum Gasteiger partial charge on any atom is -0.399 e. The van der Waals surface area contributed by atoms with E-state index in [2.05, 4.69) is 32.1 Å². The van der Waals surface area contributed by atoms with Gasteiger partial charge in [0.15, 0.2) is 0 Å². The molecule has 3 heteroatoms. The predicted molar refractivity (Wildman–Crippen MR) is 133 cm³/mol. The van der Waals surface area contributed by atoms with E-state index in [1.165, 1.54) is 80.9 Å². The number of nitrogen functional groups attached to an aromatic ring is 2. The molecule has 4 rings (SSSR count). The maximum absolute atomic E-state index is 5.94. The van der Waals surface area contributed by atoms with Crippen LogP contribution < -0.4 is 11.5 Å². The normalized spacial score (nSPS) is 27.1. The molecule has 2 aliphatic carbocycles. The molecule has 0 amide bonds. The number of anilines is 2. The minimum atomic E-state index is 0.747. The van der Waals surface area contributed by atoms with Gasteiger partial charge in [-0.1, -0.05) is 68.6 Å². The molecule has 0 heterocycles. The van der Waals surface area contributed by atoms with Crippen LogP contribution in [0.15, 0.2) is 42.5 Å². The highest BCUT2D eigenvalue weighted by Gasteiger charge is 2.24. The molecule has 2 aromatic rings. The molecule has 2 aliphatic rings. The van der Waals surface area contributed by atoms with Gasteiger partial charge >= 0.3 is 0 Å². The Morgan fingerprint density at radius 2 is 1.20 bits per heavy atom. The molecule has 30 heavy (non-hydrogen) atoms. The Labute approximate surface area is 184 Å². The third kappa shape index (κ3) is 5.83. The minimum absolute atomic E-state index is 0.747. The van der Waals surface area contributed by atoms with Crippen LogP contribution in [0.4, 0.5) is 11.4 Å². The van der Waals surface area contributed by atoms with Crippen LogP contribution in [0.1, 0.15) is 86.8 Å². The quantitative estimate of drug-likeness (QED) is 0.453. The summed E-state index contributed by atoms with van der Waals surface area (Å²) in [6.07, 6.45) is 15.4. The van der Waals surface area contributed by atoms with Crippen LogP contribution in [0, 0.1) is 11.8 Å². The lowest BCUT2D eigenvalue weighted by molar-refractivity contribution is 0.261. The number of nitrogens with two attached hydrogens (primary N) is 2. The summed E-state index contributed by atoms with van der Waals surface area (Å²) < 4.78 is 0. The highest BCUT2D eigenvalue weighted by atomic mass is 14.6. The van der Waals surface area contributed by atoms with Crippen molar-refractivity contribution in [3.63, 3.8) is 0 Å². The number of hydrogen-bond acceptors (Lipinski definition) is 2. The van der Waals surface area contributed by atoms with Crippen molar-refractivity contribution < 1.29 is 0 Å². The second-order valence-electron chi connectivity index (χ2n) is 10.3. The molecule has 0 bridgehead atoms. The second-order valence-corrected chi connectivity index (χ2v) is 10.3. The maximum atomic E-state index is 5.94. The van der Waals surface area contributed by atoms with Gasteiger partial charge in [-0.05, 0) is 84.7 Å². The van der Waals surface area contributed by atoms with Gasteiger partial charge in [0.1, 0.15) is 7.85 Å². The van der Waals surface area contributed by atoms with Gasteiger partial charge in [-0.25, -0.2) is 0 Å². The first-order valence-electron chi connectivity index (χ1n) is 12.3. The van der Waals surface area contributed by atoms with Gasteiger partial charge < -0.3 is 11.5 Å². The smallest absolute Gasteiger partial charge is 0.105 e. The molecule has 0 unspecified atom stereocenters. The fourth-order valence-corrected chi connectivity index (χ4v) is 5.86. The molecule has 2 nitrogen and oxygen atoms in total. The fourth-order valence-electron chi connectivity index (χ4n) is 5.86. The van der Waals surface area contributed by atoms with Gasteiger partial charge in [0.2, 0.25) is 0 Å².